The zero-order chi connectivity index (χ0) is 17.9. The van der Waals surface area contributed by atoms with E-state index < -0.39 is 11.8 Å². The maximum Gasteiger partial charge on any atom is 0.352 e. The third-order valence-corrected chi connectivity index (χ3v) is 3.89. The van der Waals surface area contributed by atoms with E-state index >= 15 is 0 Å². The van der Waals surface area contributed by atoms with Crippen molar-refractivity contribution in [3.05, 3.63) is 52.3 Å². The van der Waals surface area contributed by atoms with Gasteiger partial charge in [-0.05, 0) is 24.3 Å². The van der Waals surface area contributed by atoms with Gasteiger partial charge in [-0.3, -0.25) is 5.01 Å². The molecule has 2 rings (SSSR count). The number of halogens is 2. The van der Waals surface area contributed by atoms with Gasteiger partial charge < -0.3 is 9.84 Å². The lowest BCUT2D eigenvalue weighted by Crippen LogP contribution is -2.49. The van der Waals surface area contributed by atoms with Crippen LogP contribution in [0.1, 0.15) is 5.56 Å². The molecule has 2 amide bonds. The molecular weight excluding hydrogens is 383 g/mol. The largest absolute Gasteiger partial charge is 0.508 e. The Morgan fingerprint density at radius 1 is 1.33 bits per heavy atom. The summed E-state index contributed by atoms with van der Waals surface area (Å²) in [5, 5.41) is 10.9. The highest BCUT2D eigenvalue weighted by Crippen LogP contribution is 2.29. The fraction of sp³-hybridized carbons (Fsp3) is 0.133. The quantitative estimate of drug-likeness (QED) is 0.416. The SMILES string of the molecule is CN(N)C(=O)N(N)c1cccc(Br)c1COc1ccc(O)cc1F. The fourth-order valence-electron chi connectivity index (χ4n) is 1.95. The van der Waals surface area contributed by atoms with Crippen LogP contribution in [0.4, 0.5) is 14.9 Å². The Morgan fingerprint density at radius 3 is 2.67 bits per heavy atom. The van der Waals surface area contributed by atoms with Crippen LogP contribution < -0.4 is 21.4 Å². The Kier molecular flexibility index (Phi) is 5.60. The summed E-state index contributed by atoms with van der Waals surface area (Å²) in [7, 11) is 1.36. The van der Waals surface area contributed by atoms with Crippen LogP contribution >= 0.6 is 15.9 Å². The first-order valence-electron chi connectivity index (χ1n) is 6.77. The lowest BCUT2D eigenvalue weighted by molar-refractivity contribution is 0.216. The van der Waals surface area contributed by atoms with Crippen molar-refractivity contribution in [3.8, 4) is 11.5 Å². The number of urea groups is 1. The van der Waals surface area contributed by atoms with E-state index in [-0.39, 0.29) is 18.1 Å². The van der Waals surface area contributed by atoms with Crippen molar-refractivity contribution in [1.29, 1.82) is 0 Å². The average molecular weight is 399 g/mol. The molecule has 2 aromatic carbocycles. The molecule has 0 unspecified atom stereocenters. The second-order valence-electron chi connectivity index (χ2n) is 4.90. The topological polar surface area (TPSA) is 105 Å². The third-order valence-electron chi connectivity index (χ3n) is 3.15. The lowest BCUT2D eigenvalue weighted by atomic mass is 10.2. The number of amides is 2. The molecule has 0 atom stereocenters. The van der Waals surface area contributed by atoms with Gasteiger partial charge in [0, 0.05) is 23.2 Å². The van der Waals surface area contributed by atoms with Gasteiger partial charge in [0.05, 0.1) is 5.69 Å². The van der Waals surface area contributed by atoms with Crippen molar-refractivity contribution >= 4 is 27.6 Å². The number of hydrazine groups is 2. The van der Waals surface area contributed by atoms with E-state index in [0.29, 0.717) is 15.7 Å². The molecule has 0 spiro atoms. The van der Waals surface area contributed by atoms with E-state index in [9.17, 15) is 14.3 Å². The molecule has 0 fully saturated rings. The number of nitrogens with two attached hydrogens (primary N) is 2. The average Bonchev–Trinajstić information content (AvgIpc) is 2.53. The lowest BCUT2D eigenvalue weighted by Gasteiger charge is -2.23. The molecule has 0 aliphatic rings. The molecule has 9 heteroatoms. The van der Waals surface area contributed by atoms with E-state index in [2.05, 4.69) is 15.9 Å². The van der Waals surface area contributed by atoms with Gasteiger partial charge in [-0.15, -0.1) is 0 Å². The van der Waals surface area contributed by atoms with E-state index in [1.54, 1.807) is 18.2 Å². The maximum atomic E-state index is 13.7. The molecule has 0 bridgehead atoms. The Bertz CT molecular complexity index is 757. The van der Waals surface area contributed by atoms with Gasteiger partial charge in [0.15, 0.2) is 11.6 Å². The predicted molar refractivity (Wildman–Crippen MR) is 90.6 cm³/mol. The van der Waals surface area contributed by atoms with Crippen molar-refractivity contribution in [2.75, 3.05) is 12.1 Å². The number of phenolic OH excluding ortho intramolecular Hbond substituents is 1. The summed E-state index contributed by atoms with van der Waals surface area (Å²) in [4.78, 5) is 11.9. The number of hydrogen-bond acceptors (Lipinski definition) is 5. The molecule has 0 aromatic heterocycles. The number of aromatic hydroxyl groups is 1. The van der Waals surface area contributed by atoms with Crippen molar-refractivity contribution in [1.82, 2.24) is 5.01 Å². The van der Waals surface area contributed by atoms with Crippen LogP contribution in [0, 0.1) is 5.82 Å². The highest BCUT2D eigenvalue weighted by atomic mass is 79.9. The van der Waals surface area contributed by atoms with E-state index in [1.165, 1.54) is 19.2 Å². The molecule has 0 heterocycles. The summed E-state index contributed by atoms with van der Waals surface area (Å²) in [6.45, 7) is -0.0618. The zero-order valence-electron chi connectivity index (χ0n) is 12.7. The van der Waals surface area contributed by atoms with Gasteiger partial charge in [-0.2, -0.15) is 0 Å². The number of rotatable bonds is 4. The number of phenols is 1. The molecular formula is C15H16BrFN4O3. The Balaban J connectivity index is 2.28. The second kappa shape index (κ2) is 7.47. The fourth-order valence-corrected chi connectivity index (χ4v) is 2.42. The normalized spacial score (nSPS) is 10.4. The molecule has 0 aliphatic carbocycles. The van der Waals surface area contributed by atoms with Gasteiger partial charge in [-0.25, -0.2) is 25.9 Å². The van der Waals surface area contributed by atoms with E-state index in [1.807, 2.05) is 0 Å². The summed E-state index contributed by atoms with van der Waals surface area (Å²) in [6.07, 6.45) is 0. The summed E-state index contributed by atoms with van der Waals surface area (Å²) >= 11 is 3.35. The Morgan fingerprint density at radius 2 is 2.04 bits per heavy atom. The molecule has 0 radical (unpaired) electrons. The minimum absolute atomic E-state index is 0.0413. The standard InChI is InChI=1S/C15H16BrFN4O3/c1-20(18)15(23)21(19)13-4-2-3-11(16)10(13)8-24-14-6-5-9(22)7-12(14)17/h2-7,22H,8,18-19H2,1H3. The molecule has 7 nitrogen and oxygen atoms in total. The summed E-state index contributed by atoms with van der Waals surface area (Å²) in [5.41, 5.74) is 0.883. The monoisotopic (exact) mass is 398 g/mol. The van der Waals surface area contributed by atoms with Gasteiger partial charge in [0.1, 0.15) is 12.4 Å². The third kappa shape index (κ3) is 3.94. The molecule has 2 aromatic rings. The van der Waals surface area contributed by atoms with Gasteiger partial charge in [0.25, 0.3) is 0 Å². The van der Waals surface area contributed by atoms with Crippen LogP contribution in [-0.4, -0.2) is 23.2 Å². The number of anilines is 1. The van der Waals surface area contributed by atoms with Crippen molar-refractivity contribution in [2.24, 2.45) is 11.7 Å². The van der Waals surface area contributed by atoms with Gasteiger partial charge >= 0.3 is 6.03 Å². The van der Waals surface area contributed by atoms with Crippen molar-refractivity contribution in [2.45, 2.75) is 6.61 Å². The second-order valence-corrected chi connectivity index (χ2v) is 5.76. The molecule has 0 saturated carbocycles. The number of carbonyl (C=O) groups excluding carboxylic acids is 1. The van der Waals surface area contributed by atoms with Crippen LogP contribution in [-0.2, 0) is 6.61 Å². The van der Waals surface area contributed by atoms with Crippen LogP contribution in [0.15, 0.2) is 40.9 Å². The maximum absolute atomic E-state index is 13.7. The van der Waals surface area contributed by atoms with Crippen LogP contribution in [0.5, 0.6) is 11.5 Å². The van der Waals surface area contributed by atoms with Gasteiger partial charge in [-0.1, -0.05) is 22.0 Å². The first kappa shape index (κ1) is 18.0. The minimum Gasteiger partial charge on any atom is -0.508 e. The first-order chi connectivity index (χ1) is 11.3. The zero-order valence-corrected chi connectivity index (χ0v) is 14.3. The Hall–Kier alpha value is -2.36. The van der Waals surface area contributed by atoms with E-state index in [0.717, 1.165) is 16.1 Å². The number of hydrogen-bond donors (Lipinski definition) is 3. The van der Waals surface area contributed by atoms with Crippen LogP contribution in [0.25, 0.3) is 0 Å². The first-order valence-corrected chi connectivity index (χ1v) is 7.56. The minimum atomic E-state index is -0.703. The summed E-state index contributed by atoms with van der Waals surface area (Å²) in [5.74, 6) is 10.3. The van der Waals surface area contributed by atoms with Crippen molar-refractivity contribution < 1.29 is 19.0 Å². The molecule has 128 valence electrons. The molecule has 5 N–H and O–H groups in total. The number of carbonyl (C=O) groups is 1. The summed E-state index contributed by atoms with van der Waals surface area (Å²) < 4.78 is 19.8. The molecule has 0 saturated heterocycles. The van der Waals surface area contributed by atoms with Gasteiger partial charge in [0.2, 0.25) is 0 Å². The highest BCUT2D eigenvalue weighted by Gasteiger charge is 2.19. The van der Waals surface area contributed by atoms with Crippen molar-refractivity contribution in [3.63, 3.8) is 0 Å². The predicted octanol–water partition coefficient (Wildman–Crippen LogP) is 2.48. The Labute approximate surface area is 146 Å². The molecule has 0 aliphatic heterocycles. The number of benzene rings is 2. The summed E-state index contributed by atoms with van der Waals surface area (Å²) in [6, 6.07) is 7.95. The smallest absolute Gasteiger partial charge is 0.352 e. The number of nitrogens with zero attached hydrogens (tertiary/aromatic N) is 2. The van der Waals surface area contributed by atoms with Crippen LogP contribution in [0.2, 0.25) is 0 Å². The van der Waals surface area contributed by atoms with E-state index in [4.69, 9.17) is 16.4 Å². The van der Waals surface area contributed by atoms with Crippen LogP contribution in [0.3, 0.4) is 0 Å². The highest BCUT2D eigenvalue weighted by molar-refractivity contribution is 9.10. The number of ether oxygens (including phenoxy) is 1. The molecule has 24 heavy (non-hydrogen) atoms.